The van der Waals surface area contributed by atoms with Crippen molar-refractivity contribution in [2.75, 3.05) is 0 Å². The van der Waals surface area contributed by atoms with E-state index in [0.29, 0.717) is 11.8 Å². The Kier molecular flexibility index (Phi) is 6.28. The second-order valence-electron chi connectivity index (χ2n) is 14.4. The Morgan fingerprint density at radius 1 is 0.526 bits per heavy atom. The Morgan fingerprint density at radius 2 is 0.947 bits per heavy atom. The van der Waals surface area contributed by atoms with E-state index in [0.717, 1.165) is 22.8 Å². The summed E-state index contributed by atoms with van der Waals surface area (Å²) in [6, 6.07) is 18.2. The predicted octanol–water partition coefficient (Wildman–Crippen LogP) is 5.97. The van der Waals surface area contributed by atoms with Crippen LogP contribution >= 0.6 is 0 Å². The lowest BCUT2D eigenvalue weighted by atomic mass is 9.73. The van der Waals surface area contributed by atoms with Crippen molar-refractivity contribution in [3.8, 4) is 0 Å². The van der Waals surface area contributed by atoms with Crippen molar-refractivity contribution in [2.45, 2.75) is 115 Å². The first kappa shape index (κ1) is 26.6. The van der Waals surface area contributed by atoms with E-state index in [1.165, 1.54) is 36.8 Å². The van der Waals surface area contributed by atoms with Crippen molar-refractivity contribution in [1.82, 2.24) is 0 Å². The maximum Gasteiger partial charge on any atom is 0.494 e. The minimum absolute atomic E-state index is 0.290. The average molecular weight is 514 g/mol. The zero-order valence-corrected chi connectivity index (χ0v) is 24.5. The highest BCUT2D eigenvalue weighted by atomic mass is 16.7. The van der Waals surface area contributed by atoms with Crippen LogP contribution in [0.2, 0.25) is 0 Å². The van der Waals surface area contributed by atoms with Crippen LogP contribution in [0.25, 0.3) is 0 Å². The number of hydrogen-bond acceptors (Lipinski definition) is 4. The summed E-state index contributed by atoms with van der Waals surface area (Å²) in [6.07, 6.45) is 5.25. The summed E-state index contributed by atoms with van der Waals surface area (Å²) >= 11 is 0. The Bertz CT molecular complexity index is 1140. The lowest BCUT2D eigenvalue weighted by molar-refractivity contribution is 0.00578. The smallest absolute Gasteiger partial charge is 0.399 e. The molecule has 2 aromatic rings. The van der Waals surface area contributed by atoms with Gasteiger partial charge in [0.05, 0.1) is 22.4 Å². The molecular weight excluding hydrogens is 470 g/mol. The minimum Gasteiger partial charge on any atom is -0.399 e. The molecule has 0 spiro atoms. The van der Waals surface area contributed by atoms with Crippen LogP contribution in [0, 0.1) is 11.8 Å². The number of rotatable bonds is 4. The van der Waals surface area contributed by atoms with Crippen molar-refractivity contribution in [3.05, 3.63) is 59.7 Å². The first-order valence-corrected chi connectivity index (χ1v) is 14.7. The zero-order valence-electron chi connectivity index (χ0n) is 24.5. The van der Waals surface area contributed by atoms with Crippen LogP contribution < -0.4 is 10.9 Å². The molecule has 2 aromatic carbocycles. The number of hydrogen-bond donors (Lipinski definition) is 0. The van der Waals surface area contributed by atoms with Gasteiger partial charge in [-0.2, -0.15) is 0 Å². The summed E-state index contributed by atoms with van der Waals surface area (Å²) in [4.78, 5) is 0. The highest BCUT2D eigenvalue weighted by Crippen LogP contribution is 2.54. The molecule has 6 heteroatoms. The van der Waals surface area contributed by atoms with Gasteiger partial charge in [0.25, 0.3) is 0 Å². The predicted molar refractivity (Wildman–Crippen MR) is 155 cm³/mol. The SMILES string of the molecule is CC1(C)OB(c2ccc(C3CC4CC(C3)C(c3ccc(B5OC(C)(C)C(C)(C)O5)cc3)C4)cc2)OC1(C)C. The van der Waals surface area contributed by atoms with Crippen molar-refractivity contribution in [2.24, 2.45) is 11.8 Å². The molecule has 2 aliphatic heterocycles. The Labute approximate surface area is 230 Å². The third kappa shape index (κ3) is 4.50. The quantitative estimate of drug-likeness (QED) is 0.471. The van der Waals surface area contributed by atoms with Crippen molar-refractivity contribution in [3.63, 3.8) is 0 Å². The molecule has 4 aliphatic rings. The zero-order chi connectivity index (χ0) is 27.1. The van der Waals surface area contributed by atoms with Crippen LogP contribution in [0.15, 0.2) is 48.5 Å². The number of fused-ring (bicyclic) bond motifs is 2. The molecule has 4 unspecified atom stereocenters. The van der Waals surface area contributed by atoms with E-state index in [9.17, 15) is 0 Å². The summed E-state index contributed by atoms with van der Waals surface area (Å²) < 4.78 is 25.1. The van der Waals surface area contributed by atoms with Crippen molar-refractivity contribution in [1.29, 1.82) is 0 Å². The van der Waals surface area contributed by atoms with Crippen molar-refractivity contribution < 1.29 is 18.6 Å². The van der Waals surface area contributed by atoms with Gasteiger partial charge in [0.15, 0.2) is 0 Å². The summed E-state index contributed by atoms with van der Waals surface area (Å²) in [5, 5.41) is 0. The Morgan fingerprint density at radius 3 is 1.39 bits per heavy atom. The van der Waals surface area contributed by atoms with Gasteiger partial charge < -0.3 is 18.6 Å². The molecule has 2 heterocycles. The molecule has 0 radical (unpaired) electrons. The van der Waals surface area contributed by atoms with Crippen LogP contribution in [0.5, 0.6) is 0 Å². The van der Waals surface area contributed by atoms with E-state index in [-0.39, 0.29) is 36.6 Å². The lowest BCUT2D eigenvalue weighted by Crippen LogP contribution is -2.41. The van der Waals surface area contributed by atoms with E-state index < -0.39 is 0 Å². The second-order valence-corrected chi connectivity index (χ2v) is 14.4. The molecule has 0 aromatic heterocycles. The van der Waals surface area contributed by atoms with Gasteiger partial charge in [0.2, 0.25) is 0 Å². The van der Waals surface area contributed by atoms with E-state index in [1.807, 2.05) is 0 Å². The van der Waals surface area contributed by atoms with E-state index >= 15 is 0 Å². The molecule has 6 rings (SSSR count). The molecular formula is C32H44B2O4. The molecule has 38 heavy (non-hydrogen) atoms. The molecule has 0 amide bonds. The highest BCUT2D eigenvalue weighted by Gasteiger charge is 2.53. The van der Waals surface area contributed by atoms with Crippen LogP contribution in [0.3, 0.4) is 0 Å². The van der Waals surface area contributed by atoms with Crippen LogP contribution in [0.4, 0.5) is 0 Å². The summed E-state index contributed by atoms with van der Waals surface area (Å²) in [5.74, 6) is 2.86. The fourth-order valence-electron chi connectivity index (χ4n) is 7.02. The minimum atomic E-state index is -0.309. The van der Waals surface area contributed by atoms with Gasteiger partial charge in [-0.15, -0.1) is 0 Å². The molecule has 2 bridgehead atoms. The Balaban J connectivity index is 1.11. The van der Waals surface area contributed by atoms with Gasteiger partial charge in [-0.05, 0) is 127 Å². The molecule has 4 atom stereocenters. The fraction of sp³-hybridized carbons (Fsp3) is 0.625. The monoisotopic (exact) mass is 514 g/mol. The Hall–Kier alpha value is -1.59. The largest absolute Gasteiger partial charge is 0.494 e. The van der Waals surface area contributed by atoms with Gasteiger partial charge in [-0.25, -0.2) is 0 Å². The molecule has 2 saturated heterocycles. The standard InChI is InChI=1S/C32H44B2O4/c1-29(2)30(3,4)36-33(35-29)26-13-9-22(10-14-26)24-17-21-18-25(20-24)28(19-21)23-11-15-27(16-12-23)34-37-31(5,6)32(7,8)38-34/h9-16,21,24-25,28H,17-20H2,1-8H3. The van der Waals surface area contributed by atoms with Gasteiger partial charge in [0, 0.05) is 0 Å². The maximum absolute atomic E-state index is 6.27. The first-order valence-electron chi connectivity index (χ1n) is 14.7. The highest BCUT2D eigenvalue weighted by molar-refractivity contribution is 6.62. The van der Waals surface area contributed by atoms with Crippen molar-refractivity contribution >= 4 is 25.2 Å². The van der Waals surface area contributed by atoms with Gasteiger partial charge in [-0.1, -0.05) is 48.5 Å². The molecule has 0 N–H and O–H groups in total. The lowest BCUT2D eigenvalue weighted by Gasteiger charge is -2.32. The summed E-state index contributed by atoms with van der Waals surface area (Å²) in [6.45, 7) is 16.9. The molecule has 4 fully saturated rings. The van der Waals surface area contributed by atoms with E-state index in [1.54, 1.807) is 0 Å². The fourth-order valence-corrected chi connectivity index (χ4v) is 7.02. The summed E-state index contributed by atoms with van der Waals surface area (Å²) in [5.41, 5.74) is 3.95. The summed E-state index contributed by atoms with van der Waals surface area (Å²) in [7, 11) is -0.581. The first-order chi connectivity index (χ1) is 17.7. The molecule has 2 aliphatic carbocycles. The van der Waals surface area contributed by atoms with Gasteiger partial charge in [-0.3, -0.25) is 0 Å². The molecule has 2 saturated carbocycles. The molecule has 4 nitrogen and oxygen atoms in total. The normalized spacial score (nSPS) is 32.6. The third-order valence-electron chi connectivity index (χ3n) is 10.8. The van der Waals surface area contributed by atoms with Crippen LogP contribution in [-0.4, -0.2) is 36.6 Å². The van der Waals surface area contributed by atoms with Gasteiger partial charge in [0.1, 0.15) is 0 Å². The van der Waals surface area contributed by atoms with E-state index in [2.05, 4.69) is 104 Å². The average Bonchev–Trinajstić information content (AvgIpc) is 3.36. The van der Waals surface area contributed by atoms with Gasteiger partial charge >= 0.3 is 14.2 Å². The second kappa shape index (κ2) is 8.96. The topological polar surface area (TPSA) is 36.9 Å². The number of benzene rings is 2. The maximum atomic E-state index is 6.27. The molecule has 202 valence electrons. The van der Waals surface area contributed by atoms with Crippen LogP contribution in [0.1, 0.15) is 104 Å². The van der Waals surface area contributed by atoms with E-state index in [4.69, 9.17) is 18.6 Å². The third-order valence-corrected chi connectivity index (χ3v) is 10.8. The van der Waals surface area contributed by atoms with Crippen LogP contribution in [-0.2, 0) is 18.6 Å².